The summed E-state index contributed by atoms with van der Waals surface area (Å²) in [7, 11) is 0. The van der Waals surface area contributed by atoms with E-state index in [4.69, 9.17) is 5.73 Å². The van der Waals surface area contributed by atoms with Crippen molar-refractivity contribution in [3.05, 3.63) is 30.1 Å². The third-order valence-corrected chi connectivity index (χ3v) is 3.20. The minimum atomic E-state index is -0.614. The molecule has 5 nitrogen and oxygen atoms in total. The number of aliphatic hydroxyl groups excluding tert-OH is 1. The zero-order valence-electron chi connectivity index (χ0n) is 10.5. The molecule has 1 aliphatic heterocycles. The smallest absolute Gasteiger partial charge is 0.191 e. The first-order chi connectivity index (χ1) is 8.77. The number of aromatic nitrogens is 1. The first-order valence-electron chi connectivity index (χ1n) is 6.40. The van der Waals surface area contributed by atoms with Crippen molar-refractivity contribution in [3.8, 4) is 0 Å². The van der Waals surface area contributed by atoms with Gasteiger partial charge in [-0.05, 0) is 37.0 Å². The van der Waals surface area contributed by atoms with E-state index in [1.54, 1.807) is 24.5 Å². The molecule has 1 aromatic heterocycles. The normalized spacial score (nSPS) is 18.7. The van der Waals surface area contributed by atoms with Crippen LogP contribution in [0.1, 0.15) is 30.9 Å². The van der Waals surface area contributed by atoms with Crippen molar-refractivity contribution in [1.82, 2.24) is 9.88 Å². The lowest BCUT2D eigenvalue weighted by atomic mass is 10.1. The van der Waals surface area contributed by atoms with Gasteiger partial charge >= 0.3 is 0 Å². The molecule has 1 unspecified atom stereocenters. The number of hydrogen-bond donors (Lipinski definition) is 2. The Labute approximate surface area is 107 Å². The summed E-state index contributed by atoms with van der Waals surface area (Å²) < 4.78 is 0. The number of guanidine groups is 1. The molecule has 0 spiro atoms. The van der Waals surface area contributed by atoms with Gasteiger partial charge in [0.15, 0.2) is 5.96 Å². The van der Waals surface area contributed by atoms with E-state index in [1.165, 1.54) is 19.3 Å². The Balaban J connectivity index is 1.89. The largest absolute Gasteiger partial charge is 0.386 e. The van der Waals surface area contributed by atoms with Gasteiger partial charge in [-0.2, -0.15) is 0 Å². The molecule has 98 valence electrons. The lowest BCUT2D eigenvalue weighted by Gasteiger charge is -2.27. The molecule has 18 heavy (non-hydrogen) atoms. The predicted molar refractivity (Wildman–Crippen MR) is 71.1 cm³/mol. The second kappa shape index (κ2) is 6.35. The van der Waals surface area contributed by atoms with Gasteiger partial charge in [-0.25, -0.2) is 0 Å². The number of aliphatic imine (C=N–C) groups is 1. The summed E-state index contributed by atoms with van der Waals surface area (Å²) in [5, 5.41) is 9.96. The highest BCUT2D eigenvalue weighted by atomic mass is 16.3. The van der Waals surface area contributed by atoms with Crippen LogP contribution in [0.2, 0.25) is 0 Å². The number of nitrogens with two attached hydrogens (primary N) is 1. The van der Waals surface area contributed by atoms with Gasteiger partial charge in [0.2, 0.25) is 0 Å². The molecule has 1 atom stereocenters. The molecule has 5 heteroatoms. The molecule has 0 amide bonds. The van der Waals surface area contributed by atoms with E-state index in [9.17, 15) is 5.11 Å². The fraction of sp³-hybridized carbons (Fsp3) is 0.538. The van der Waals surface area contributed by atoms with Crippen molar-refractivity contribution in [1.29, 1.82) is 0 Å². The second-order valence-electron chi connectivity index (χ2n) is 4.54. The Hall–Kier alpha value is -1.62. The van der Waals surface area contributed by atoms with Crippen LogP contribution in [0.4, 0.5) is 0 Å². The van der Waals surface area contributed by atoms with Crippen LogP contribution >= 0.6 is 0 Å². The van der Waals surface area contributed by atoms with E-state index in [1.807, 2.05) is 0 Å². The maximum atomic E-state index is 9.96. The summed E-state index contributed by atoms with van der Waals surface area (Å²) in [6.45, 7) is 2.24. The Morgan fingerprint density at radius 2 is 2.00 bits per heavy atom. The van der Waals surface area contributed by atoms with Crippen molar-refractivity contribution in [2.24, 2.45) is 10.7 Å². The Bertz CT molecular complexity index is 387. The third-order valence-electron chi connectivity index (χ3n) is 3.20. The summed E-state index contributed by atoms with van der Waals surface area (Å²) in [6.07, 6.45) is 6.32. The van der Waals surface area contributed by atoms with Gasteiger partial charge in [-0.15, -0.1) is 0 Å². The molecule has 0 saturated carbocycles. The van der Waals surface area contributed by atoms with Crippen molar-refractivity contribution >= 4 is 5.96 Å². The third kappa shape index (κ3) is 3.43. The summed E-state index contributed by atoms with van der Waals surface area (Å²) in [4.78, 5) is 10.3. The monoisotopic (exact) mass is 248 g/mol. The van der Waals surface area contributed by atoms with Crippen LogP contribution in [0.15, 0.2) is 29.5 Å². The van der Waals surface area contributed by atoms with Crippen LogP contribution < -0.4 is 5.73 Å². The van der Waals surface area contributed by atoms with E-state index >= 15 is 0 Å². The molecule has 1 aliphatic rings. The van der Waals surface area contributed by atoms with Crippen LogP contribution in [0.5, 0.6) is 0 Å². The van der Waals surface area contributed by atoms with E-state index < -0.39 is 6.10 Å². The molecule has 2 heterocycles. The Kier molecular flexibility index (Phi) is 4.52. The maximum absolute atomic E-state index is 9.96. The molecular weight excluding hydrogens is 228 g/mol. The average Bonchev–Trinajstić information content (AvgIpc) is 2.46. The lowest BCUT2D eigenvalue weighted by Crippen LogP contribution is -2.41. The van der Waals surface area contributed by atoms with E-state index in [0.29, 0.717) is 12.5 Å². The van der Waals surface area contributed by atoms with Gasteiger partial charge in [-0.1, -0.05) is 0 Å². The molecule has 0 aromatic carbocycles. The zero-order chi connectivity index (χ0) is 12.8. The highest BCUT2D eigenvalue weighted by Gasteiger charge is 2.12. The number of likely N-dealkylation sites (tertiary alicyclic amines) is 1. The molecule has 0 aliphatic carbocycles. The highest BCUT2D eigenvalue weighted by molar-refractivity contribution is 5.78. The zero-order valence-corrected chi connectivity index (χ0v) is 10.5. The van der Waals surface area contributed by atoms with Gasteiger partial charge in [0.1, 0.15) is 0 Å². The first kappa shape index (κ1) is 12.8. The summed E-state index contributed by atoms with van der Waals surface area (Å²) in [5.41, 5.74) is 6.75. The number of rotatable bonds is 3. The quantitative estimate of drug-likeness (QED) is 0.616. The fourth-order valence-corrected chi connectivity index (χ4v) is 2.09. The number of aliphatic hydroxyl groups is 1. The number of pyridine rings is 1. The van der Waals surface area contributed by atoms with Gasteiger partial charge in [-0.3, -0.25) is 9.98 Å². The fourth-order valence-electron chi connectivity index (χ4n) is 2.09. The van der Waals surface area contributed by atoms with Gasteiger partial charge in [0.05, 0.1) is 12.6 Å². The van der Waals surface area contributed by atoms with Gasteiger partial charge in [0, 0.05) is 25.5 Å². The molecule has 3 N–H and O–H groups in total. The minimum absolute atomic E-state index is 0.298. The molecule has 1 saturated heterocycles. The maximum Gasteiger partial charge on any atom is 0.191 e. The van der Waals surface area contributed by atoms with Crippen molar-refractivity contribution in [2.75, 3.05) is 19.6 Å². The summed E-state index contributed by atoms with van der Waals surface area (Å²) in [6, 6.07) is 3.58. The Morgan fingerprint density at radius 1 is 1.33 bits per heavy atom. The van der Waals surface area contributed by atoms with Crippen LogP contribution in [-0.2, 0) is 0 Å². The standard InChI is InChI=1S/C13H20N4O/c14-13(17-8-2-1-3-9-17)16-10-12(18)11-4-6-15-7-5-11/h4-7,12,18H,1-3,8-10H2,(H2,14,16). The topological polar surface area (TPSA) is 74.7 Å². The van der Waals surface area contributed by atoms with Gasteiger partial charge < -0.3 is 15.7 Å². The van der Waals surface area contributed by atoms with Gasteiger partial charge in [0.25, 0.3) is 0 Å². The van der Waals surface area contributed by atoms with E-state index in [0.717, 1.165) is 18.7 Å². The number of piperidine rings is 1. The SMILES string of the molecule is NC(=NCC(O)c1ccncc1)N1CCCCC1. The number of nitrogens with zero attached hydrogens (tertiary/aromatic N) is 3. The van der Waals surface area contributed by atoms with Crippen LogP contribution in [0, 0.1) is 0 Å². The Morgan fingerprint density at radius 3 is 2.67 bits per heavy atom. The summed E-state index contributed by atoms with van der Waals surface area (Å²) in [5.74, 6) is 0.544. The molecular formula is C13H20N4O. The van der Waals surface area contributed by atoms with Crippen LogP contribution in [0.25, 0.3) is 0 Å². The number of hydrogen-bond acceptors (Lipinski definition) is 3. The van der Waals surface area contributed by atoms with Crippen LogP contribution in [0.3, 0.4) is 0 Å². The van der Waals surface area contributed by atoms with E-state index in [2.05, 4.69) is 14.9 Å². The minimum Gasteiger partial charge on any atom is -0.386 e. The molecule has 2 rings (SSSR count). The summed E-state index contributed by atoms with van der Waals surface area (Å²) >= 11 is 0. The molecule has 0 radical (unpaired) electrons. The first-order valence-corrected chi connectivity index (χ1v) is 6.40. The van der Waals surface area contributed by atoms with Crippen molar-refractivity contribution < 1.29 is 5.11 Å². The second-order valence-corrected chi connectivity index (χ2v) is 4.54. The highest BCUT2D eigenvalue weighted by Crippen LogP contribution is 2.12. The predicted octanol–water partition coefficient (Wildman–Crippen LogP) is 0.916. The lowest BCUT2D eigenvalue weighted by molar-refractivity contribution is 0.186. The van der Waals surface area contributed by atoms with Crippen molar-refractivity contribution in [2.45, 2.75) is 25.4 Å². The molecule has 1 fully saturated rings. The van der Waals surface area contributed by atoms with E-state index in [-0.39, 0.29) is 0 Å². The van der Waals surface area contributed by atoms with Crippen LogP contribution in [-0.4, -0.2) is 40.6 Å². The molecule has 1 aromatic rings. The molecule has 0 bridgehead atoms. The van der Waals surface area contributed by atoms with Crippen molar-refractivity contribution in [3.63, 3.8) is 0 Å². The average molecular weight is 248 g/mol.